The Labute approximate surface area is 152 Å². The number of sulfonamides is 1. The summed E-state index contributed by atoms with van der Waals surface area (Å²) in [6, 6.07) is 4.59. The monoisotopic (exact) mass is 388 g/mol. The van der Waals surface area contributed by atoms with Gasteiger partial charge in [0, 0.05) is 31.0 Å². The number of hydrogen-bond acceptors (Lipinski definition) is 5. The Hall–Kier alpha value is -1.58. The zero-order chi connectivity index (χ0) is 19.0. The number of carbonyl (C=O) groups excluding carboxylic acids is 1. The van der Waals surface area contributed by atoms with Crippen LogP contribution in [0.2, 0.25) is 0 Å². The average molecular weight is 389 g/mol. The molecule has 140 valence electrons. The minimum absolute atomic E-state index is 0.0212. The molecule has 0 aliphatic carbocycles. The molecular weight excluding hydrogens is 364 g/mol. The molecule has 0 saturated heterocycles. The zero-order valence-corrected chi connectivity index (χ0v) is 16.2. The van der Waals surface area contributed by atoms with Crippen molar-refractivity contribution >= 4 is 33.7 Å². The smallest absolute Gasteiger partial charge is 0.313 e. The Kier molecular flexibility index (Phi) is 8.40. The predicted molar refractivity (Wildman–Crippen MR) is 98.6 cm³/mol. The molecule has 1 amide bonds. The van der Waals surface area contributed by atoms with Gasteiger partial charge < -0.3 is 10.4 Å². The van der Waals surface area contributed by atoms with Gasteiger partial charge in [0.25, 0.3) is 5.91 Å². The van der Waals surface area contributed by atoms with Crippen LogP contribution < -0.4 is 5.32 Å². The van der Waals surface area contributed by atoms with Crippen molar-refractivity contribution in [3.8, 4) is 0 Å². The number of aliphatic carboxylic acids is 1. The summed E-state index contributed by atoms with van der Waals surface area (Å²) in [5, 5.41) is 11.2. The van der Waals surface area contributed by atoms with E-state index >= 15 is 0 Å². The van der Waals surface area contributed by atoms with Gasteiger partial charge in [0.05, 0.1) is 10.6 Å². The number of hydrogen-bond donors (Lipinski definition) is 2. The van der Waals surface area contributed by atoms with Crippen LogP contribution in [0.3, 0.4) is 0 Å². The molecule has 2 N–H and O–H groups in total. The van der Waals surface area contributed by atoms with E-state index in [1.54, 1.807) is 32.9 Å². The maximum Gasteiger partial charge on any atom is 0.313 e. The van der Waals surface area contributed by atoms with E-state index in [4.69, 9.17) is 5.11 Å². The van der Waals surface area contributed by atoms with Crippen molar-refractivity contribution in [2.45, 2.75) is 25.7 Å². The molecular formula is C16H24N2O5S2. The van der Waals surface area contributed by atoms with E-state index in [0.717, 1.165) is 0 Å². The maximum absolute atomic E-state index is 12.7. The van der Waals surface area contributed by atoms with Crippen molar-refractivity contribution in [1.82, 2.24) is 9.62 Å². The minimum atomic E-state index is -3.64. The van der Waals surface area contributed by atoms with Crippen molar-refractivity contribution in [2.24, 2.45) is 0 Å². The quantitative estimate of drug-likeness (QED) is 0.590. The number of benzene rings is 1. The first-order chi connectivity index (χ1) is 11.7. The normalized spacial score (nSPS) is 11.5. The lowest BCUT2D eigenvalue weighted by Crippen LogP contribution is -2.31. The second-order valence-electron chi connectivity index (χ2n) is 5.27. The molecule has 0 fully saturated rings. The molecule has 7 nitrogen and oxygen atoms in total. The lowest BCUT2D eigenvalue weighted by molar-refractivity contribution is -0.133. The van der Waals surface area contributed by atoms with E-state index in [1.807, 2.05) is 0 Å². The van der Waals surface area contributed by atoms with Crippen LogP contribution in [0, 0.1) is 6.92 Å². The van der Waals surface area contributed by atoms with Gasteiger partial charge in [0.1, 0.15) is 0 Å². The van der Waals surface area contributed by atoms with Crippen molar-refractivity contribution in [3.05, 3.63) is 29.3 Å². The molecule has 1 aromatic rings. The number of carbonyl (C=O) groups is 2. The van der Waals surface area contributed by atoms with E-state index in [2.05, 4.69) is 5.32 Å². The second kappa shape index (κ2) is 9.79. The van der Waals surface area contributed by atoms with Crippen molar-refractivity contribution in [2.75, 3.05) is 31.1 Å². The molecule has 0 unspecified atom stereocenters. The number of aryl methyl sites for hydroxylation is 1. The lowest BCUT2D eigenvalue weighted by Gasteiger charge is -2.20. The average Bonchev–Trinajstić information content (AvgIpc) is 2.55. The number of carboxylic acid groups (broad SMARTS) is 1. The third kappa shape index (κ3) is 6.02. The molecule has 1 rings (SSSR count). The van der Waals surface area contributed by atoms with Gasteiger partial charge in [-0.1, -0.05) is 19.9 Å². The van der Waals surface area contributed by atoms with E-state index < -0.39 is 16.0 Å². The first-order valence-corrected chi connectivity index (χ1v) is 10.5. The Bertz CT molecular complexity index is 715. The molecule has 9 heteroatoms. The molecule has 0 aliphatic heterocycles. The maximum atomic E-state index is 12.7. The fourth-order valence-electron chi connectivity index (χ4n) is 2.22. The number of nitrogens with one attached hydrogen (secondary N) is 1. The van der Waals surface area contributed by atoms with E-state index in [0.29, 0.717) is 31.0 Å². The molecule has 0 aliphatic rings. The highest BCUT2D eigenvalue weighted by Gasteiger charge is 2.24. The summed E-state index contributed by atoms with van der Waals surface area (Å²) in [7, 11) is -3.64. The number of thioether (sulfide) groups is 1. The fraction of sp³-hybridized carbons (Fsp3) is 0.500. The third-order valence-electron chi connectivity index (χ3n) is 3.53. The number of carboxylic acids is 1. The first kappa shape index (κ1) is 21.5. The van der Waals surface area contributed by atoms with Gasteiger partial charge >= 0.3 is 5.97 Å². The van der Waals surface area contributed by atoms with E-state index in [9.17, 15) is 18.0 Å². The summed E-state index contributed by atoms with van der Waals surface area (Å²) < 4.78 is 26.7. The fourth-order valence-corrected chi connectivity index (χ4v) is 4.49. The van der Waals surface area contributed by atoms with Crippen molar-refractivity contribution in [3.63, 3.8) is 0 Å². The molecule has 0 spiro atoms. The molecule has 0 aromatic heterocycles. The third-order valence-corrected chi connectivity index (χ3v) is 6.67. The number of amides is 1. The molecule has 1 aromatic carbocycles. The SMILES string of the molecule is CCN(CC)S(=O)(=O)c1cc(C(=O)NCCSCC(=O)O)ccc1C. The summed E-state index contributed by atoms with van der Waals surface area (Å²) >= 11 is 1.20. The van der Waals surface area contributed by atoms with E-state index in [-0.39, 0.29) is 22.1 Å². The Morgan fingerprint density at radius 2 is 1.88 bits per heavy atom. The molecule has 0 heterocycles. The van der Waals surface area contributed by atoms with Gasteiger partial charge in [-0.2, -0.15) is 4.31 Å². The summed E-state index contributed by atoms with van der Waals surface area (Å²) in [5.74, 6) is -0.839. The van der Waals surface area contributed by atoms with Gasteiger partial charge in [-0.15, -0.1) is 11.8 Å². The van der Waals surface area contributed by atoms with Gasteiger partial charge in [0.2, 0.25) is 10.0 Å². The second-order valence-corrected chi connectivity index (χ2v) is 8.28. The highest BCUT2D eigenvalue weighted by Crippen LogP contribution is 2.21. The van der Waals surface area contributed by atoms with Gasteiger partial charge in [-0.25, -0.2) is 8.42 Å². The molecule has 0 atom stereocenters. The van der Waals surface area contributed by atoms with Gasteiger partial charge in [0.15, 0.2) is 0 Å². The topological polar surface area (TPSA) is 104 Å². The molecule has 0 bridgehead atoms. The summed E-state index contributed by atoms with van der Waals surface area (Å²) in [6.45, 7) is 6.25. The molecule has 0 radical (unpaired) electrons. The largest absolute Gasteiger partial charge is 0.481 e. The van der Waals surface area contributed by atoms with Crippen LogP contribution in [-0.2, 0) is 14.8 Å². The number of nitrogens with zero attached hydrogens (tertiary/aromatic N) is 1. The standard InChI is InChI=1S/C16H24N2O5S2/c1-4-18(5-2)25(22,23)14-10-13(7-6-12(14)3)16(21)17-8-9-24-11-15(19)20/h6-7,10H,4-5,8-9,11H2,1-3H3,(H,17,21)(H,19,20). The summed E-state index contributed by atoms with van der Waals surface area (Å²) in [6.07, 6.45) is 0. The molecule has 25 heavy (non-hydrogen) atoms. The van der Waals surface area contributed by atoms with Crippen LogP contribution in [0.5, 0.6) is 0 Å². The van der Waals surface area contributed by atoms with Gasteiger partial charge in [-0.05, 0) is 24.6 Å². The Morgan fingerprint density at radius 3 is 2.44 bits per heavy atom. The summed E-state index contributed by atoms with van der Waals surface area (Å²) in [4.78, 5) is 22.7. The van der Waals surface area contributed by atoms with Crippen molar-refractivity contribution < 1.29 is 23.1 Å². The minimum Gasteiger partial charge on any atom is -0.481 e. The predicted octanol–water partition coefficient (Wildman–Crippen LogP) is 1.57. The highest BCUT2D eigenvalue weighted by molar-refractivity contribution is 7.99. The van der Waals surface area contributed by atoms with Gasteiger partial charge in [-0.3, -0.25) is 9.59 Å². The summed E-state index contributed by atoms with van der Waals surface area (Å²) in [5.41, 5.74) is 0.847. The van der Waals surface area contributed by atoms with Crippen LogP contribution in [-0.4, -0.2) is 60.8 Å². The van der Waals surface area contributed by atoms with Crippen LogP contribution in [0.25, 0.3) is 0 Å². The number of rotatable bonds is 10. The van der Waals surface area contributed by atoms with Crippen molar-refractivity contribution in [1.29, 1.82) is 0 Å². The highest BCUT2D eigenvalue weighted by atomic mass is 32.2. The van der Waals surface area contributed by atoms with Crippen LogP contribution >= 0.6 is 11.8 Å². The first-order valence-electron chi connectivity index (χ1n) is 7.92. The van der Waals surface area contributed by atoms with Crippen LogP contribution in [0.1, 0.15) is 29.8 Å². The Balaban J connectivity index is 2.87. The van der Waals surface area contributed by atoms with E-state index in [1.165, 1.54) is 22.1 Å². The van der Waals surface area contributed by atoms with Crippen LogP contribution in [0.15, 0.2) is 23.1 Å². The Morgan fingerprint density at radius 1 is 1.24 bits per heavy atom. The molecule has 0 saturated carbocycles. The lowest BCUT2D eigenvalue weighted by atomic mass is 10.1. The van der Waals surface area contributed by atoms with Crippen LogP contribution in [0.4, 0.5) is 0 Å². The zero-order valence-electron chi connectivity index (χ0n) is 14.6.